The Labute approximate surface area is 479 Å². The lowest BCUT2D eigenvalue weighted by Gasteiger charge is -2.40. The number of ether oxygens (including phenoxy) is 5. The van der Waals surface area contributed by atoms with Gasteiger partial charge in [-0.2, -0.15) is 0 Å². The molecule has 0 aliphatic carbocycles. The first kappa shape index (κ1) is 72.7. The number of aliphatic hydroxyl groups excluding tert-OH is 2. The first-order valence-corrected chi connectivity index (χ1v) is 31.2. The Kier molecular flexibility index (Phi) is 49.9. The van der Waals surface area contributed by atoms with E-state index in [1.54, 1.807) is 6.08 Å². The summed E-state index contributed by atoms with van der Waals surface area (Å²) in [7, 11) is 0. The normalized spacial score (nSPS) is 18.5. The maximum absolute atomic E-state index is 13.1. The second kappa shape index (κ2) is 54.2. The second-order valence-electron chi connectivity index (χ2n) is 21.0. The molecular weight excluding hydrogens is 997 g/mol. The van der Waals surface area contributed by atoms with Crippen molar-refractivity contribution < 1.29 is 58.2 Å². The number of allylic oxidation sites excluding steroid dienone is 15. The fourth-order valence-electron chi connectivity index (χ4n) is 8.88. The van der Waals surface area contributed by atoms with Crippen LogP contribution in [0.3, 0.4) is 0 Å². The van der Waals surface area contributed by atoms with Gasteiger partial charge < -0.3 is 39.0 Å². The lowest BCUT2D eigenvalue weighted by molar-refractivity contribution is -0.301. The van der Waals surface area contributed by atoms with Crippen molar-refractivity contribution in [3.05, 3.63) is 97.2 Å². The van der Waals surface area contributed by atoms with E-state index in [-0.39, 0.29) is 25.9 Å². The summed E-state index contributed by atoms with van der Waals surface area (Å²) >= 11 is 0. The molecule has 12 nitrogen and oxygen atoms in total. The highest BCUT2D eigenvalue weighted by Crippen LogP contribution is 2.26. The molecule has 0 amide bonds. The lowest BCUT2D eigenvalue weighted by Crippen LogP contribution is -2.61. The van der Waals surface area contributed by atoms with Crippen LogP contribution >= 0.6 is 0 Å². The minimum absolute atomic E-state index is 0.0365. The summed E-state index contributed by atoms with van der Waals surface area (Å²) in [5, 5.41) is 31.5. The van der Waals surface area contributed by atoms with Crippen LogP contribution in [-0.2, 0) is 42.9 Å². The van der Waals surface area contributed by atoms with Crippen molar-refractivity contribution >= 4 is 23.9 Å². The summed E-state index contributed by atoms with van der Waals surface area (Å²) in [4.78, 5) is 51.2. The summed E-state index contributed by atoms with van der Waals surface area (Å²) in [6, 6.07) is 0. The van der Waals surface area contributed by atoms with E-state index >= 15 is 0 Å². The number of carboxylic acid groups (broad SMARTS) is 1. The quantitative estimate of drug-likeness (QED) is 0.0228. The molecule has 0 bridgehead atoms. The van der Waals surface area contributed by atoms with Gasteiger partial charge in [-0.05, 0) is 103 Å². The standard InChI is InChI=1S/C67H110O12/c1-4-7-10-13-16-19-22-25-28-29-30-31-34-35-38-41-44-47-50-53-59(68)75-56-58(77-60(69)54-51-48-45-42-39-36-32-26-23-20-17-14-11-8-5-2)57-76-67-65(63(72)62(71)64(79-67)66(73)74)78-61(70)55-52-49-46-43-40-37-33-27-24-21-18-15-12-9-6-3/h8,11,16-17,19-20,25-28,32-33,39,42,48,51,58,62-65,67,71-72H,4-7,9-10,12-15,18,21-24,29-31,34-38,40-41,43-47,49-50,52-57H2,1-3H3,(H,73,74)/b11-8-,19-16-,20-17-,28-25-,32-26-,33-27-,42-39-,51-48-. The molecule has 79 heavy (non-hydrogen) atoms. The third-order valence-electron chi connectivity index (χ3n) is 13.6. The van der Waals surface area contributed by atoms with Crippen LogP contribution in [0.15, 0.2) is 97.2 Å². The van der Waals surface area contributed by atoms with E-state index in [2.05, 4.69) is 99.8 Å². The number of esters is 3. The number of hydrogen-bond acceptors (Lipinski definition) is 11. The van der Waals surface area contributed by atoms with Crippen LogP contribution in [0.25, 0.3) is 0 Å². The maximum atomic E-state index is 13.1. The SMILES string of the molecule is CC/C=C\C/C=C\C/C=C\C/C=C\C/C=C\CC(=O)OC(COC(=O)CCCCCCCCCCC/C=C\C/C=C\CCCCC)COC1OC(C(=O)O)C(O)C(O)C1OC(=O)CCCCCCC/C=C\CCCCCCCC. The summed E-state index contributed by atoms with van der Waals surface area (Å²) in [6.45, 7) is 5.77. The highest BCUT2D eigenvalue weighted by atomic mass is 16.7. The van der Waals surface area contributed by atoms with Gasteiger partial charge in [0.1, 0.15) is 18.8 Å². The van der Waals surface area contributed by atoms with E-state index in [9.17, 15) is 34.5 Å². The molecule has 1 rings (SSSR count). The summed E-state index contributed by atoms with van der Waals surface area (Å²) in [5.41, 5.74) is 0. The number of carboxylic acids is 1. The van der Waals surface area contributed by atoms with Crippen molar-refractivity contribution in [3.8, 4) is 0 Å². The van der Waals surface area contributed by atoms with Crippen LogP contribution in [0.2, 0.25) is 0 Å². The number of rotatable bonds is 52. The predicted molar refractivity (Wildman–Crippen MR) is 321 cm³/mol. The second-order valence-corrected chi connectivity index (χ2v) is 21.0. The van der Waals surface area contributed by atoms with Gasteiger partial charge in [0, 0.05) is 12.8 Å². The number of carbonyl (C=O) groups excluding carboxylic acids is 3. The van der Waals surface area contributed by atoms with Crippen molar-refractivity contribution in [1.82, 2.24) is 0 Å². The Morgan fingerprint density at radius 2 is 0.835 bits per heavy atom. The molecule has 1 aliphatic heterocycles. The molecule has 0 radical (unpaired) electrons. The number of aliphatic hydroxyl groups is 2. The maximum Gasteiger partial charge on any atom is 0.335 e. The molecule has 3 N–H and O–H groups in total. The van der Waals surface area contributed by atoms with Crippen molar-refractivity contribution in [1.29, 1.82) is 0 Å². The average molecular weight is 1110 g/mol. The minimum atomic E-state index is -1.92. The van der Waals surface area contributed by atoms with Gasteiger partial charge in [0.05, 0.1) is 13.0 Å². The van der Waals surface area contributed by atoms with Crippen molar-refractivity contribution in [3.63, 3.8) is 0 Å². The van der Waals surface area contributed by atoms with Crippen LogP contribution in [0, 0.1) is 0 Å². The molecule has 1 saturated heterocycles. The fraction of sp³-hybridized carbons (Fsp3) is 0.701. The molecule has 0 aromatic rings. The molecule has 1 fully saturated rings. The zero-order chi connectivity index (χ0) is 57.5. The lowest BCUT2D eigenvalue weighted by atomic mass is 9.98. The van der Waals surface area contributed by atoms with Crippen LogP contribution in [0.5, 0.6) is 0 Å². The molecule has 0 aromatic heterocycles. The summed E-state index contributed by atoms with van der Waals surface area (Å²) in [5.74, 6) is -3.31. The smallest absolute Gasteiger partial charge is 0.335 e. The fourth-order valence-corrected chi connectivity index (χ4v) is 8.88. The summed E-state index contributed by atoms with van der Waals surface area (Å²) < 4.78 is 28.3. The number of carbonyl (C=O) groups is 4. The molecule has 0 aromatic carbocycles. The van der Waals surface area contributed by atoms with Crippen LogP contribution in [0.1, 0.15) is 252 Å². The Balaban J connectivity index is 2.72. The van der Waals surface area contributed by atoms with E-state index in [1.807, 2.05) is 12.2 Å². The number of aliphatic carboxylic acids is 1. The molecule has 12 heteroatoms. The third-order valence-corrected chi connectivity index (χ3v) is 13.6. The molecule has 0 spiro atoms. The Hall–Kier alpha value is -4.36. The van der Waals surface area contributed by atoms with Gasteiger partial charge in [-0.3, -0.25) is 14.4 Å². The topological polar surface area (TPSA) is 175 Å². The Bertz CT molecular complexity index is 1740. The van der Waals surface area contributed by atoms with Crippen molar-refractivity contribution in [2.75, 3.05) is 13.2 Å². The monoisotopic (exact) mass is 1110 g/mol. The van der Waals surface area contributed by atoms with Gasteiger partial charge in [-0.1, -0.05) is 227 Å². The molecule has 0 saturated carbocycles. The largest absolute Gasteiger partial charge is 0.479 e. The van der Waals surface area contributed by atoms with E-state index < -0.39 is 67.3 Å². The zero-order valence-corrected chi connectivity index (χ0v) is 49.6. The Morgan fingerprint density at radius 3 is 1.32 bits per heavy atom. The highest BCUT2D eigenvalue weighted by Gasteiger charge is 2.50. The van der Waals surface area contributed by atoms with E-state index in [4.69, 9.17) is 23.7 Å². The minimum Gasteiger partial charge on any atom is -0.479 e. The van der Waals surface area contributed by atoms with Crippen LogP contribution in [-0.4, -0.2) is 89.2 Å². The van der Waals surface area contributed by atoms with Gasteiger partial charge in [-0.15, -0.1) is 0 Å². The number of unbranched alkanes of at least 4 members (excludes halogenated alkanes) is 23. The molecule has 450 valence electrons. The van der Waals surface area contributed by atoms with Gasteiger partial charge >= 0.3 is 23.9 Å². The van der Waals surface area contributed by atoms with Gasteiger partial charge in [0.15, 0.2) is 24.6 Å². The first-order chi connectivity index (χ1) is 38.6. The van der Waals surface area contributed by atoms with E-state index in [1.165, 1.54) is 96.3 Å². The van der Waals surface area contributed by atoms with E-state index in [0.717, 1.165) is 96.3 Å². The van der Waals surface area contributed by atoms with E-state index in [0.29, 0.717) is 19.3 Å². The van der Waals surface area contributed by atoms with Gasteiger partial charge in [-0.25, -0.2) is 4.79 Å². The molecule has 6 unspecified atom stereocenters. The zero-order valence-electron chi connectivity index (χ0n) is 49.6. The Morgan fingerprint density at radius 1 is 0.443 bits per heavy atom. The molecular formula is C67H110O12. The number of hydrogen-bond donors (Lipinski definition) is 3. The van der Waals surface area contributed by atoms with Gasteiger partial charge in [0.2, 0.25) is 0 Å². The van der Waals surface area contributed by atoms with Crippen molar-refractivity contribution in [2.24, 2.45) is 0 Å². The van der Waals surface area contributed by atoms with Crippen LogP contribution < -0.4 is 0 Å². The molecule has 1 aliphatic rings. The summed E-state index contributed by atoms with van der Waals surface area (Å²) in [6.07, 6.45) is 59.7. The average Bonchev–Trinajstić information content (AvgIpc) is 3.46. The highest BCUT2D eigenvalue weighted by molar-refractivity contribution is 5.74. The first-order valence-electron chi connectivity index (χ1n) is 31.2. The van der Waals surface area contributed by atoms with Crippen molar-refractivity contribution in [2.45, 2.75) is 289 Å². The molecule has 1 heterocycles. The third kappa shape index (κ3) is 44.0. The predicted octanol–water partition coefficient (Wildman–Crippen LogP) is 16.5. The molecule has 6 atom stereocenters. The van der Waals surface area contributed by atoms with Crippen LogP contribution in [0.4, 0.5) is 0 Å². The van der Waals surface area contributed by atoms with Gasteiger partial charge in [0.25, 0.3) is 0 Å².